The van der Waals surface area contributed by atoms with Gasteiger partial charge in [-0.3, -0.25) is 4.79 Å². The average molecular weight is 269 g/mol. The standard InChI is InChI=1S/C12H19N3O2S/c1-2-3-4-7-14-12(17)15-10(11(13)16)9-6-5-8-18-9/h5-6,8,10H,2-4,7H2,1H3,(H2,13,16)(H2,14,15,17). The lowest BCUT2D eigenvalue weighted by atomic mass is 10.2. The fraction of sp³-hybridized carbons (Fsp3) is 0.500. The summed E-state index contributed by atoms with van der Waals surface area (Å²) in [6.45, 7) is 2.70. The van der Waals surface area contributed by atoms with E-state index in [1.165, 1.54) is 11.3 Å². The molecule has 0 saturated heterocycles. The van der Waals surface area contributed by atoms with E-state index in [4.69, 9.17) is 5.73 Å². The van der Waals surface area contributed by atoms with Gasteiger partial charge < -0.3 is 16.4 Å². The Labute approximate surface area is 111 Å². The van der Waals surface area contributed by atoms with Crippen LogP contribution in [0.2, 0.25) is 0 Å². The van der Waals surface area contributed by atoms with Crippen molar-refractivity contribution in [3.05, 3.63) is 22.4 Å². The first-order valence-electron chi connectivity index (χ1n) is 6.02. The maximum atomic E-state index is 11.6. The van der Waals surface area contributed by atoms with Crippen molar-refractivity contribution in [1.82, 2.24) is 10.6 Å². The van der Waals surface area contributed by atoms with Gasteiger partial charge in [-0.2, -0.15) is 0 Å². The molecule has 1 aromatic rings. The fourth-order valence-corrected chi connectivity index (χ4v) is 2.28. The summed E-state index contributed by atoms with van der Waals surface area (Å²) in [7, 11) is 0. The number of hydrogen-bond acceptors (Lipinski definition) is 3. The van der Waals surface area contributed by atoms with E-state index >= 15 is 0 Å². The van der Waals surface area contributed by atoms with E-state index in [9.17, 15) is 9.59 Å². The maximum absolute atomic E-state index is 11.6. The summed E-state index contributed by atoms with van der Waals surface area (Å²) in [6.07, 6.45) is 3.11. The van der Waals surface area contributed by atoms with E-state index in [2.05, 4.69) is 17.6 Å². The van der Waals surface area contributed by atoms with Gasteiger partial charge in [-0.15, -0.1) is 11.3 Å². The van der Waals surface area contributed by atoms with Crippen LogP contribution in [0, 0.1) is 0 Å². The molecule has 6 heteroatoms. The molecule has 0 radical (unpaired) electrons. The number of amides is 3. The van der Waals surface area contributed by atoms with Gasteiger partial charge in [-0.25, -0.2) is 4.79 Å². The molecule has 0 saturated carbocycles. The first-order chi connectivity index (χ1) is 8.65. The highest BCUT2D eigenvalue weighted by molar-refractivity contribution is 7.10. The van der Waals surface area contributed by atoms with Crippen molar-refractivity contribution in [2.24, 2.45) is 5.73 Å². The van der Waals surface area contributed by atoms with Gasteiger partial charge in [0, 0.05) is 11.4 Å². The van der Waals surface area contributed by atoms with Crippen LogP contribution in [0.1, 0.15) is 37.1 Å². The molecule has 0 aliphatic rings. The van der Waals surface area contributed by atoms with Crippen molar-refractivity contribution < 1.29 is 9.59 Å². The van der Waals surface area contributed by atoms with Crippen LogP contribution in [0.25, 0.3) is 0 Å². The van der Waals surface area contributed by atoms with Crippen molar-refractivity contribution >= 4 is 23.3 Å². The van der Waals surface area contributed by atoms with E-state index in [1.807, 2.05) is 11.4 Å². The molecule has 0 fully saturated rings. The van der Waals surface area contributed by atoms with Crippen LogP contribution < -0.4 is 16.4 Å². The molecular formula is C12H19N3O2S. The monoisotopic (exact) mass is 269 g/mol. The van der Waals surface area contributed by atoms with E-state index in [0.29, 0.717) is 6.54 Å². The normalized spacial score (nSPS) is 11.8. The lowest BCUT2D eigenvalue weighted by Gasteiger charge is -2.14. The summed E-state index contributed by atoms with van der Waals surface area (Å²) in [5.41, 5.74) is 5.28. The highest BCUT2D eigenvalue weighted by Gasteiger charge is 2.20. The number of unbranched alkanes of at least 4 members (excludes halogenated alkanes) is 2. The maximum Gasteiger partial charge on any atom is 0.315 e. The van der Waals surface area contributed by atoms with E-state index < -0.39 is 11.9 Å². The number of nitrogens with two attached hydrogens (primary N) is 1. The lowest BCUT2D eigenvalue weighted by Crippen LogP contribution is -2.43. The van der Waals surface area contributed by atoms with Crippen LogP contribution in [0.4, 0.5) is 4.79 Å². The zero-order valence-corrected chi connectivity index (χ0v) is 11.3. The molecule has 0 spiro atoms. The topological polar surface area (TPSA) is 84.2 Å². The molecule has 5 nitrogen and oxygen atoms in total. The van der Waals surface area contributed by atoms with Crippen molar-refractivity contribution in [3.63, 3.8) is 0 Å². The van der Waals surface area contributed by atoms with Crippen LogP contribution >= 0.6 is 11.3 Å². The highest BCUT2D eigenvalue weighted by Crippen LogP contribution is 2.18. The lowest BCUT2D eigenvalue weighted by molar-refractivity contribution is -0.119. The second-order valence-electron chi connectivity index (χ2n) is 3.96. The number of hydrogen-bond donors (Lipinski definition) is 3. The number of primary amides is 1. The van der Waals surface area contributed by atoms with E-state index in [1.54, 1.807) is 6.07 Å². The Bertz CT molecular complexity index is 379. The van der Waals surface area contributed by atoms with Crippen LogP contribution in [-0.4, -0.2) is 18.5 Å². The average Bonchev–Trinajstić information content (AvgIpc) is 2.85. The largest absolute Gasteiger partial charge is 0.368 e. The SMILES string of the molecule is CCCCCNC(=O)NC(C(N)=O)c1cccs1. The van der Waals surface area contributed by atoms with Gasteiger partial charge in [0.25, 0.3) is 0 Å². The number of rotatable bonds is 7. The van der Waals surface area contributed by atoms with Crippen LogP contribution in [-0.2, 0) is 4.79 Å². The third kappa shape index (κ3) is 4.75. The highest BCUT2D eigenvalue weighted by atomic mass is 32.1. The van der Waals surface area contributed by atoms with Gasteiger partial charge >= 0.3 is 6.03 Å². The predicted molar refractivity (Wildman–Crippen MR) is 72.3 cm³/mol. The molecule has 0 aliphatic carbocycles. The minimum absolute atomic E-state index is 0.358. The molecule has 1 atom stereocenters. The molecule has 1 unspecified atom stereocenters. The number of urea groups is 1. The van der Waals surface area contributed by atoms with Gasteiger partial charge in [0.15, 0.2) is 0 Å². The Morgan fingerprint density at radius 1 is 1.44 bits per heavy atom. The molecule has 0 aromatic carbocycles. The molecular weight excluding hydrogens is 250 g/mol. The molecule has 0 bridgehead atoms. The van der Waals surface area contributed by atoms with Crippen LogP contribution in [0.15, 0.2) is 17.5 Å². The number of carbonyl (C=O) groups excluding carboxylic acids is 2. The second-order valence-corrected chi connectivity index (χ2v) is 4.94. The van der Waals surface area contributed by atoms with Crippen LogP contribution in [0.3, 0.4) is 0 Å². The minimum Gasteiger partial charge on any atom is -0.368 e. The quantitative estimate of drug-likeness (QED) is 0.659. The van der Waals surface area contributed by atoms with Crippen molar-refractivity contribution in [2.75, 3.05) is 6.54 Å². The first kappa shape index (κ1) is 14.5. The minimum atomic E-state index is -0.754. The van der Waals surface area contributed by atoms with Crippen molar-refractivity contribution in [3.8, 4) is 0 Å². The Morgan fingerprint density at radius 2 is 2.22 bits per heavy atom. The molecule has 18 heavy (non-hydrogen) atoms. The smallest absolute Gasteiger partial charge is 0.315 e. The summed E-state index contributed by atoms with van der Waals surface area (Å²) in [5.74, 6) is -0.554. The summed E-state index contributed by atoms with van der Waals surface area (Å²) >= 11 is 1.39. The number of thiophene rings is 1. The van der Waals surface area contributed by atoms with E-state index in [-0.39, 0.29) is 6.03 Å². The third-order valence-corrected chi connectivity index (χ3v) is 3.39. The Kier molecular flexibility index (Phi) is 6.21. The second kappa shape index (κ2) is 7.71. The Balaban J connectivity index is 2.42. The molecule has 1 rings (SSSR count). The van der Waals surface area contributed by atoms with Gasteiger partial charge in [0.2, 0.25) is 5.91 Å². The third-order valence-electron chi connectivity index (χ3n) is 2.45. The summed E-state index contributed by atoms with van der Waals surface area (Å²) in [6, 6.07) is 2.48. The molecule has 0 aliphatic heterocycles. The van der Waals surface area contributed by atoms with Crippen LogP contribution in [0.5, 0.6) is 0 Å². The van der Waals surface area contributed by atoms with Crippen molar-refractivity contribution in [2.45, 2.75) is 32.2 Å². The Morgan fingerprint density at radius 3 is 2.78 bits per heavy atom. The fourth-order valence-electron chi connectivity index (χ4n) is 1.50. The summed E-state index contributed by atoms with van der Waals surface area (Å²) in [4.78, 5) is 23.6. The predicted octanol–water partition coefficient (Wildman–Crippen LogP) is 1.76. The molecule has 100 valence electrons. The zero-order valence-electron chi connectivity index (χ0n) is 10.4. The van der Waals surface area contributed by atoms with Gasteiger partial charge in [-0.05, 0) is 17.9 Å². The molecule has 4 N–H and O–H groups in total. The van der Waals surface area contributed by atoms with Gasteiger partial charge in [0.05, 0.1) is 0 Å². The van der Waals surface area contributed by atoms with E-state index in [0.717, 1.165) is 24.1 Å². The first-order valence-corrected chi connectivity index (χ1v) is 6.90. The molecule has 1 aromatic heterocycles. The zero-order chi connectivity index (χ0) is 13.4. The number of carbonyl (C=O) groups is 2. The Hall–Kier alpha value is -1.56. The van der Waals surface area contributed by atoms with Gasteiger partial charge in [0.1, 0.15) is 6.04 Å². The molecule has 1 heterocycles. The number of nitrogens with one attached hydrogen (secondary N) is 2. The summed E-state index contributed by atoms with van der Waals surface area (Å²) < 4.78 is 0. The molecule has 3 amide bonds. The van der Waals surface area contributed by atoms with Crippen molar-refractivity contribution in [1.29, 1.82) is 0 Å². The summed E-state index contributed by atoms with van der Waals surface area (Å²) in [5, 5.41) is 7.13. The van der Waals surface area contributed by atoms with Gasteiger partial charge in [-0.1, -0.05) is 25.8 Å².